The van der Waals surface area contributed by atoms with Gasteiger partial charge in [0.1, 0.15) is 0 Å². The summed E-state index contributed by atoms with van der Waals surface area (Å²) in [4.78, 5) is 28.0. The fourth-order valence-electron chi connectivity index (χ4n) is 2.96. The maximum absolute atomic E-state index is 12.3. The Morgan fingerprint density at radius 1 is 1.00 bits per heavy atom. The number of carbonyl (C=O) groups excluding carboxylic acids is 2. The van der Waals surface area contributed by atoms with Crippen molar-refractivity contribution in [3.63, 3.8) is 0 Å². The first-order chi connectivity index (χ1) is 13.8. The van der Waals surface area contributed by atoms with Gasteiger partial charge >= 0.3 is 6.03 Å². The first-order valence-corrected chi connectivity index (χ1v) is 9.64. The monoisotopic (exact) mass is 438 g/mol. The third-order valence-electron chi connectivity index (χ3n) is 4.50. The highest BCUT2D eigenvalue weighted by Gasteiger charge is 2.23. The van der Waals surface area contributed by atoms with Gasteiger partial charge in [-0.1, -0.05) is 29.3 Å². The van der Waals surface area contributed by atoms with Gasteiger partial charge in [-0.15, -0.1) is 0 Å². The minimum absolute atomic E-state index is 0.221. The predicted octanol–water partition coefficient (Wildman–Crippen LogP) is 2.87. The van der Waals surface area contributed by atoms with Crippen LogP contribution in [0.1, 0.15) is 0 Å². The van der Waals surface area contributed by atoms with Crippen molar-refractivity contribution in [3.8, 4) is 11.5 Å². The zero-order valence-corrected chi connectivity index (χ0v) is 16.9. The van der Waals surface area contributed by atoms with E-state index >= 15 is 0 Å². The van der Waals surface area contributed by atoms with Crippen LogP contribution in [0.5, 0.6) is 11.5 Å². The second-order valence-corrected chi connectivity index (χ2v) is 7.24. The number of nitrogens with zero attached hydrogens (tertiary/aromatic N) is 2. The highest BCUT2D eigenvalue weighted by atomic mass is 35.5. The molecule has 3 amide bonds. The Balaban J connectivity index is 1.46. The van der Waals surface area contributed by atoms with Gasteiger partial charge in [0.05, 0.1) is 22.3 Å². The number of phenols is 2. The number of halogens is 2. The van der Waals surface area contributed by atoms with Crippen LogP contribution in [0.25, 0.3) is 0 Å². The van der Waals surface area contributed by atoms with E-state index in [2.05, 4.69) is 15.5 Å². The van der Waals surface area contributed by atoms with Crippen molar-refractivity contribution in [3.05, 3.63) is 46.4 Å². The van der Waals surface area contributed by atoms with Crippen LogP contribution in [0, 0.1) is 0 Å². The molecule has 29 heavy (non-hydrogen) atoms. The Morgan fingerprint density at radius 2 is 1.72 bits per heavy atom. The van der Waals surface area contributed by atoms with E-state index in [-0.39, 0.29) is 24.1 Å². The van der Waals surface area contributed by atoms with Gasteiger partial charge in [-0.05, 0) is 24.3 Å². The molecule has 0 saturated carbocycles. The predicted molar refractivity (Wildman–Crippen MR) is 112 cm³/mol. The maximum atomic E-state index is 12.3. The molecule has 10 heteroatoms. The molecule has 0 bridgehead atoms. The van der Waals surface area contributed by atoms with Crippen LogP contribution in [-0.2, 0) is 4.79 Å². The number of phenolic OH excluding ortho intramolecular Hbond substituents is 2. The van der Waals surface area contributed by atoms with Gasteiger partial charge in [-0.3, -0.25) is 4.79 Å². The van der Waals surface area contributed by atoms with E-state index in [9.17, 15) is 19.8 Å². The van der Waals surface area contributed by atoms with Crippen molar-refractivity contribution in [1.82, 2.24) is 10.2 Å². The average molecular weight is 439 g/mol. The lowest BCUT2D eigenvalue weighted by Crippen LogP contribution is -2.52. The number of urea groups is 1. The Morgan fingerprint density at radius 3 is 2.41 bits per heavy atom. The van der Waals surface area contributed by atoms with Gasteiger partial charge in [0.25, 0.3) is 0 Å². The van der Waals surface area contributed by atoms with Gasteiger partial charge in [-0.2, -0.15) is 0 Å². The summed E-state index contributed by atoms with van der Waals surface area (Å²) in [5.41, 5.74) is 1.14. The van der Waals surface area contributed by atoms with Crippen molar-refractivity contribution >= 4 is 46.5 Å². The molecule has 154 valence electrons. The first kappa shape index (κ1) is 20.9. The van der Waals surface area contributed by atoms with E-state index in [1.807, 2.05) is 12.1 Å². The van der Waals surface area contributed by atoms with Crippen molar-refractivity contribution in [2.24, 2.45) is 0 Å². The van der Waals surface area contributed by atoms with Gasteiger partial charge in [0.2, 0.25) is 5.91 Å². The van der Waals surface area contributed by atoms with Crippen LogP contribution >= 0.6 is 23.2 Å². The molecule has 1 saturated heterocycles. The zero-order chi connectivity index (χ0) is 21.0. The number of carbonyl (C=O) groups is 2. The smallest absolute Gasteiger partial charge is 0.317 e. The molecule has 4 N–H and O–H groups in total. The fraction of sp³-hybridized carbons (Fsp3) is 0.263. The molecule has 0 aromatic heterocycles. The summed E-state index contributed by atoms with van der Waals surface area (Å²) in [5.74, 6) is -1.08. The number of hydrogen-bond acceptors (Lipinski definition) is 5. The summed E-state index contributed by atoms with van der Waals surface area (Å²) >= 11 is 12.3. The fourth-order valence-corrected chi connectivity index (χ4v) is 3.38. The van der Waals surface area contributed by atoms with Gasteiger partial charge < -0.3 is 30.6 Å². The third-order valence-corrected chi connectivity index (χ3v) is 5.31. The number of hydrogen-bond donors (Lipinski definition) is 4. The molecule has 1 aliphatic rings. The lowest BCUT2D eigenvalue weighted by Gasteiger charge is -2.36. The summed E-state index contributed by atoms with van der Waals surface area (Å²) in [7, 11) is 0. The van der Waals surface area contributed by atoms with Crippen LogP contribution in [0.4, 0.5) is 16.2 Å². The highest BCUT2D eigenvalue weighted by molar-refractivity contribution is 6.43. The lowest BCUT2D eigenvalue weighted by atomic mass is 10.2. The summed E-state index contributed by atoms with van der Waals surface area (Å²) in [6, 6.07) is 9.01. The van der Waals surface area contributed by atoms with E-state index in [4.69, 9.17) is 23.2 Å². The summed E-state index contributed by atoms with van der Waals surface area (Å²) < 4.78 is 0. The quantitative estimate of drug-likeness (QED) is 0.433. The Hall–Kier alpha value is -2.84. The summed E-state index contributed by atoms with van der Waals surface area (Å²) in [5, 5.41) is 24.8. The van der Waals surface area contributed by atoms with Crippen LogP contribution in [-0.4, -0.2) is 59.8 Å². The van der Waals surface area contributed by atoms with E-state index in [1.165, 1.54) is 18.2 Å². The second kappa shape index (κ2) is 9.11. The molecule has 1 aliphatic heterocycles. The number of piperazine rings is 1. The van der Waals surface area contributed by atoms with Crippen molar-refractivity contribution in [2.75, 3.05) is 42.9 Å². The van der Waals surface area contributed by atoms with Crippen molar-refractivity contribution in [2.45, 2.75) is 0 Å². The normalized spacial score (nSPS) is 13.9. The number of benzene rings is 2. The molecule has 3 rings (SSSR count). The number of rotatable bonds is 4. The molecule has 2 aromatic carbocycles. The van der Waals surface area contributed by atoms with Crippen LogP contribution in [0.15, 0.2) is 36.4 Å². The molecule has 0 radical (unpaired) electrons. The van der Waals surface area contributed by atoms with Crippen molar-refractivity contribution in [1.29, 1.82) is 0 Å². The van der Waals surface area contributed by atoms with E-state index in [1.54, 1.807) is 11.0 Å². The Labute approximate surface area is 177 Å². The molecular weight excluding hydrogens is 419 g/mol. The number of amides is 3. The topological polar surface area (TPSA) is 105 Å². The second-order valence-electron chi connectivity index (χ2n) is 6.46. The van der Waals surface area contributed by atoms with E-state index in [0.29, 0.717) is 41.9 Å². The molecule has 1 heterocycles. The molecule has 0 unspecified atom stereocenters. The first-order valence-electron chi connectivity index (χ1n) is 8.88. The van der Waals surface area contributed by atoms with Gasteiger partial charge in [0.15, 0.2) is 11.5 Å². The molecule has 0 spiro atoms. The maximum Gasteiger partial charge on any atom is 0.317 e. The summed E-state index contributed by atoms with van der Waals surface area (Å²) in [6.45, 7) is 1.91. The Kier molecular flexibility index (Phi) is 6.56. The number of anilines is 2. The molecule has 0 aliphatic carbocycles. The lowest BCUT2D eigenvalue weighted by molar-refractivity contribution is -0.115. The molecule has 2 aromatic rings. The van der Waals surface area contributed by atoms with Crippen LogP contribution in [0.2, 0.25) is 10.0 Å². The highest BCUT2D eigenvalue weighted by Crippen LogP contribution is 2.32. The van der Waals surface area contributed by atoms with E-state index < -0.39 is 5.91 Å². The average Bonchev–Trinajstić information content (AvgIpc) is 2.71. The third kappa shape index (κ3) is 5.16. The van der Waals surface area contributed by atoms with Gasteiger partial charge in [0, 0.05) is 37.9 Å². The molecule has 0 atom stereocenters. The van der Waals surface area contributed by atoms with Crippen LogP contribution < -0.4 is 15.5 Å². The minimum Gasteiger partial charge on any atom is -0.504 e. The Bertz CT molecular complexity index is 917. The van der Waals surface area contributed by atoms with Crippen molar-refractivity contribution < 1.29 is 19.8 Å². The largest absolute Gasteiger partial charge is 0.504 e. The molecule has 1 fully saturated rings. The zero-order valence-electron chi connectivity index (χ0n) is 15.4. The van der Waals surface area contributed by atoms with Gasteiger partial charge in [-0.25, -0.2) is 4.79 Å². The van der Waals surface area contributed by atoms with E-state index in [0.717, 1.165) is 5.69 Å². The number of aromatic hydroxyl groups is 2. The number of nitrogens with one attached hydrogen (secondary N) is 2. The standard InChI is InChI=1S/C19H20Cl2N4O4/c20-13-2-1-3-14(18(13)21)24-6-8-25(9-7-24)19(29)22-11-17(28)23-12-4-5-15(26)16(27)10-12/h1-5,10,26-27H,6-9,11H2,(H,22,29)(H,23,28). The molecule has 8 nitrogen and oxygen atoms in total. The summed E-state index contributed by atoms with van der Waals surface area (Å²) in [6.07, 6.45) is 0. The SMILES string of the molecule is O=C(CNC(=O)N1CCN(c2cccc(Cl)c2Cl)CC1)Nc1ccc(O)c(O)c1. The molecular formula is C19H20Cl2N4O4. The minimum atomic E-state index is -0.451. The van der Waals surface area contributed by atoms with Crippen LogP contribution in [0.3, 0.4) is 0 Å².